The van der Waals surface area contributed by atoms with Gasteiger partial charge in [0.1, 0.15) is 5.69 Å². The molecule has 3 N–H and O–H groups in total. The Kier molecular flexibility index (Phi) is 6.08. The molecule has 0 bridgehead atoms. The minimum atomic E-state index is -0.616. The Morgan fingerprint density at radius 2 is 1.81 bits per heavy atom. The van der Waals surface area contributed by atoms with Crippen LogP contribution in [0.4, 0.5) is 0 Å². The number of fused-ring (bicyclic) bond motifs is 1. The summed E-state index contributed by atoms with van der Waals surface area (Å²) < 4.78 is 0. The van der Waals surface area contributed by atoms with Crippen molar-refractivity contribution in [3.05, 3.63) is 34.5 Å². The van der Waals surface area contributed by atoms with E-state index in [0.717, 1.165) is 54.4 Å². The van der Waals surface area contributed by atoms with Gasteiger partial charge < -0.3 is 20.3 Å². The van der Waals surface area contributed by atoms with Gasteiger partial charge in [-0.15, -0.1) is 0 Å². The van der Waals surface area contributed by atoms with E-state index in [1.165, 1.54) is 5.56 Å². The molecule has 31 heavy (non-hydrogen) atoms. The molecular formula is C24H34N4O3. The molecule has 0 unspecified atom stereocenters. The molecule has 0 radical (unpaired) electrons. The van der Waals surface area contributed by atoms with E-state index in [9.17, 15) is 14.7 Å². The summed E-state index contributed by atoms with van der Waals surface area (Å²) in [5.41, 5.74) is 4.82. The quantitative estimate of drug-likeness (QED) is 0.703. The lowest BCUT2D eigenvalue weighted by Crippen LogP contribution is -2.60. The van der Waals surface area contributed by atoms with Crippen LogP contribution in [-0.4, -0.2) is 76.1 Å². The highest BCUT2D eigenvalue weighted by molar-refractivity contribution is 6.01. The first-order chi connectivity index (χ1) is 14.8. The Morgan fingerprint density at radius 1 is 1.10 bits per heavy atom. The number of aromatic nitrogens is 1. The Labute approximate surface area is 183 Å². The second kappa shape index (κ2) is 8.63. The summed E-state index contributed by atoms with van der Waals surface area (Å²) in [6, 6.07) is 3.96. The summed E-state index contributed by atoms with van der Waals surface area (Å²) in [5, 5.41) is 15.3. The molecule has 2 heterocycles. The zero-order chi connectivity index (χ0) is 22.3. The number of hydrogen-bond acceptors (Lipinski definition) is 4. The van der Waals surface area contributed by atoms with E-state index in [4.69, 9.17) is 0 Å². The molecule has 0 spiro atoms. The van der Waals surface area contributed by atoms with Gasteiger partial charge in [-0.2, -0.15) is 0 Å². The highest BCUT2D eigenvalue weighted by Gasteiger charge is 2.37. The number of hydrogen-bond donors (Lipinski definition) is 3. The Morgan fingerprint density at radius 3 is 2.48 bits per heavy atom. The van der Waals surface area contributed by atoms with Gasteiger partial charge in [0, 0.05) is 50.0 Å². The Hall–Kier alpha value is -2.38. The summed E-state index contributed by atoms with van der Waals surface area (Å²) >= 11 is 0. The number of aryl methyl sites for hydroxylation is 3. The third-order valence-electron chi connectivity index (χ3n) is 7.10. The smallest absolute Gasteiger partial charge is 0.268 e. The van der Waals surface area contributed by atoms with Crippen LogP contribution in [-0.2, 0) is 4.79 Å². The van der Waals surface area contributed by atoms with Crippen molar-refractivity contribution in [3.8, 4) is 0 Å². The minimum Gasteiger partial charge on any atom is -0.389 e. The van der Waals surface area contributed by atoms with Crippen molar-refractivity contribution in [2.75, 3.05) is 26.2 Å². The van der Waals surface area contributed by atoms with Crippen LogP contribution in [0.1, 0.15) is 53.4 Å². The van der Waals surface area contributed by atoms with Crippen LogP contribution in [0.15, 0.2) is 12.1 Å². The number of H-pyrrole nitrogens is 1. The van der Waals surface area contributed by atoms with Gasteiger partial charge in [0.15, 0.2) is 0 Å². The lowest BCUT2D eigenvalue weighted by molar-refractivity contribution is -0.131. The number of piperazine rings is 1. The van der Waals surface area contributed by atoms with Crippen LogP contribution in [0.25, 0.3) is 10.9 Å². The summed E-state index contributed by atoms with van der Waals surface area (Å²) in [6.07, 6.45) is 2.03. The first-order valence-electron chi connectivity index (χ1n) is 11.3. The van der Waals surface area contributed by atoms with Crippen molar-refractivity contribution in [1.82, 2.24) is 20.1 Å². The van der Waals surface area contributed by atoms with E-state index in [-0.39, 0.29) is 23.9 Å². The molecule has 2 fully saturated rings. The fourth-order valence-corrected chi connectivity index (χ4v) is 5.33. The van der Waals surface area contributed by atoms with E-state index in [2.05, 4.69) is 34.3 Å². The van der Waals surface area contributed by atoms with Gasteiger partial charge in [-0.1, -0.05) is 11.6 Å². The topological polar surface area (TPSA) is 88.7 Å². The van der Waals surface area contributed by atoms with Gasteiger partial charge in [0.25, 0.3) is 5.91 Å². The van der Waals surface area contributed by atoms with E-state index in [0.29, 0.717) is 18.8 Å². The van der Waals surface area contributed by atoms with Gasteiger partial charge in [0.05, 0.1) is 12.1 Å². The lowest BCUT2D eigenvalue weighted by atomic mass is 9.86. The van der Waals surface area contributed by atoms with Crippen molar-refractivity contribution in [2.24, 2.45) is 0 Å². The van der Waals surface area contributed by atoms with Gasteiger partial charge >= 0.3 is 0 Å². The molecule has 1 aromatic heterocycles. The number of nitrogens with one attached hydrogen (secondary N) is 2. The second-order valence-corrected chi connectivity index (χ2v) is 9.24. The van der Waals surface area contributed by atoms with E-state index in [1.54, 1.807) is 6.92 Å². The van der Waals surface area contributed by atoms with Crippen LogP contribution in [0, 0.1) is 20.8 Å². The van der Waals surface area contributed by atoms with Crippen molar-refractivity contribution >= 4 is 22.7 Å². The summed E-state index contributed by atoms with van der Waals surface area (Å²) in [5.74, 6) is -0.0510. The third kappa shape index (κ3) is 4.21. The Bertz CT molecular complexity index is 990. The monoisotopic (exact) mass is 426 g/mol. The van der Waals surface area contributed by atoms with E-state index >= 15 is 0 Å². The number of rotatable bonds is 3. The molecule has 7 nitrogen and oxygen atoms in total. The molecule has 1 aromatic carbocycles. The van der Waals surface area contributed by atoms with E-state index < -0.39 is 6.10 Å². The van der Waals surface area contributed by atoms with Gasteiger partial charge in [0.2, 0.25) is 5.91 Å². The molecule has 2 amide bonds. The molecule has 168 valence electrons. The average Bonchev–Trinajstić information content (AvgIpc) is 3.06. The standard InChI is InChI=1S/C24H34N4O3/c1-14-12-15(2)21-18(13-14)16(3)22(26-21)24(31)25-19-6-5-7-20(23(19)30)28-10-8-27(9-11-28)17(4)29/h12-13,19-20,23,26,30H,5-11H2,1-4H3,(H,25,31)/t19-,20-,23-/m1/s1. The number of carbonyl (C=O) groups excluding carboxylic acids is 2. The molecule has 1 aliphatic carbocycles. The summed E-state index contributed by atoms with van der Waals surface area (Å²) in [7, 11) is 0. The number of aliphatic hydroxyl groups is 1. The van der Waals surface area contributed by atoms with Crippen LogP contribution < -0.4 is 5.32 Å². The number of aliphatic hydroxyl groups excluding tert-OH is 1. The molecule has 1 saturated carbocycles. The molecule has 7 heteroatoms. The van der Waals surface area contributed by atoms with Crippen LogP contribution in [0.5, 0.6) is 0 Å². The average molecular weight is 427 g/mol. The van der Waals surface area contributed by atoms with Gasteiger partial charge in [-0.25, -0.2) is 0 Å². The molecule has 2 aliphatic rings. The number of benzene rings is 1. The number of carbonyl (C=O) groups is 2. The fraction of sp³-hybridized carbons (Fsp3) is 0.583. The first-order valence-corrected chi connectivity index (χ1v) is 11.3. The predicted molar refractivity (Wildman–Crippen MR) is 121 cm³/mol. The summed E-state index contributed by atoms with van der Waals surface area (Å²) in [6.45, 7) is 10.6. The second-order valence-electron chi connectivity index (χ2n) is 9.24. The highest BCUT2D eigenvalue weighted by atomic mass is 16.3. The van der Waals surface area contributed by atoms with Gasteiger partial charge in [-0.3, -0.25) is 14.5 Å². The molecule has 1 aliphatic heterocycles. The SMILES string of the molecule is CC(=O)N1CCN([C@@H]2CCC[C@@H](NC(=O)c3[nH]c4c(C)cc(C)cc4c3C)[C@H]2O)CC1. The largest absolute Gasteiger partial charge is 0.389 e. The molecule has 3 atom stereocenters. The van der Waals surface area contributed by atoms with Crippen LogP contribution >= 0.6 is 0 Å². The summed E-state index contributed by atoms with van der Waals surface area (Å²) in [4.78, 5) is 32.2. The molecule has 1 saturated heterocycles. The fourth-order valence-electron chi connectivity index (χ4n) is 5.33. The van der Waals surface area contributed by atoms with Crippen LogP contribution in [0.2, 0.25) is 0 Å². The first kappa shape index (κ1) is 21.8. The van der Waals surface area contributed by atoms with Crippen molar-refractivity contribution in [2.45, 2.75) is 65.1 Å². The maximum Gasteiger partial charge on any atom is 0.268 e. The highest BCUT2D eigenvalue weighted by Crippen LogP contribution is 2.28. The van der Waals surface area contributed by atoms with Crippen LogP contribution in [0.3, 0.4) is 0 Å². The van der Waals surface area contributed by atoms with Gasteiger partial charge in [-0.05, 0) is 57.2 Å². The zero-order valence-electron chi connectivity index (χ0n) is 19.0. The number of amides is 2. The predicted octanol–water partition coefficient (Wildman–Crippen LogP) is 2.27. The maximum atomic E-state index is 13.1. The molecular weight excluding hydrogens is 392 g/mol. The third-order valence-corrected chi connectivity index (χ3v) is 7.10. The van der Waals surface area contributed by atoms with Crippen molar-refractivity contribution in [1.29, 1.82) is 0 Å². The maximum absolute atomic E-state index is 13.1. The Balaban J connectivity index is 1.46. The molecule has 4 rings (SSSR count). The molecule has 2 aromatic rings. The number of nitrogens with zero attached hydrogens (tertiary/aromatic N) is 2. The number of aromatic amines is 1. The lowest BCUT2D eigenvalue weighted by Gasteiger charge is -2.45. The minimum absolute atomic E-state index is 0.0156. The van der Waals surface area contributed by atoms with Crippen molar-refractivity contribution in [3.63, 3.8) is 0 Å². The van der Waals surface area contributed by atoms with Crippen molar-refractivity contribution < 1.29 is 14.7 Å². The zero-order valence-corrected chi connectivity index (χ0v) is 19.0. The van der Waals surface area contributed by atoms with E-state index in [1.807, 2.05) is 18.7 Å². The normalized spacial score (nSPS) is 25.1.